The molecule has 1 N–H and O–H groups in total. The maximum absolute atomic E-state index is 5.66. The van der Waals surface area contributed by atoms with Crippen LogP contribution in [-0.2, 0) is 0 Å². The lowest BCUT2D eigenvalue weighted by molar-refractivity contribution is 0.165. The number of anilines is 1. The average Bonchev–Trinajstić information content (AvgIpc) is 2.39. The Morgan fingerprint density at radius 1 is 1.19 bits per heavy atom. The predicted octanol–water partition coefficient (Wildman–Crippen LogP) is 0.262. The molecule has 1 aromatic rings. The zero-order valence-corrected chi connectivity index (χ0v) is 9.11. The van der Waals surface area contributed by atoms with Crippen molar-refractivity contribution in [2.75, 3.05) is 44.3 Å². The summed E-state index contributed by atoms with van der Waals surface area (Å²) in [4.78, 5) is 6.50. The summed E-state index contributed by atoms with van der Waals surface area (Å²) in [6, 6.07) is 2.00. The van der Waals surface area contributed by atoms with Gasteiger partial charge in [-0.05, 0) is 6.07 Å². The Bertz CT molecular complexity index is 377. The van der Waals surface area contributed by atoms with Gasteiger partial charge in [-0.1, -0.05) is 0 Å². The van der Waals surface area contributed by atoms with E-state index >= 15 is 0 Å². The van der Waals surface area contributed by atoms with Gasteiger partial charge in [0, 0.05) is 32.4 Å². The Morgan fingerprint density at radius 3 is 2.88 bits per heavy atom. The van der Waals surface area contributed by atoms with Gasteiger partial charge in [-0.25, -0.2) is 4.98 Å². The van der Waals surface area contributed by atoms with E-state index in [2.05, 4.69) is 15.2 Å². The topological polar surface area (TPSA) is 46.6 Å². The first kappa shape index (κ1) is 9.72. The summed E-state index contributed by atoms with van der Waals surface area (Å²) >= 11 is 0. The lowest BCUT2D eigenvalue weighted by atomic mass is 10.2. The van der Waals surface area contributed by atoms with Gasteiger partial charge in [0.15, 0.2) is 0 Å². The van der Waals surface area contributed by atoms with Crippen LogP contribution in [0.3, 0.4) is 0 Å². The SMILES string of the molecule is c1cc(N2CCNCC2)c2c(n1)OCCO2. The van der Waals surface area contributed by atoms with Crippen LogP contribution < -0.4 is 19.7 Å². The van der Waals surface area contributed by atoms with Gasteiger partial charge in [0.05, 0.1) is 5.69 Å². The summed E-state index contributed by atoms with van der Waals surface area (Å²) in [7, 11) is 0. The molecule has 5 heteroatoms. The molecule has 1 saturated heterocycles. The second-order valence-corrected chi connectivity index (χ2v) is 3.90. The number of nitrogens with zero attached hydrogens (tertiary/aromatic N) is 2. The molecular weight excluding hydrogens is 206 g/mol. The van der Waals surface area contributed by atoms with Crippen LogP contribution in [0.2, 0.25) is 0 Å². The molecule has 5 nitrogen and oxygen atoms in total. The number of fused-ring (bicyclic) bond motifs is 1. The number of nitrogens with one attached hydrogen (secondary N) is 1. The van der Waals surface area contributed by atoms with Crippen molar-refractivity contribution in [2.45, 2.75) is 0 Å². The highest BCUT2D eigenvalue weighted by molar-refractivity contribution is 5.63. The largest absolute Gasteiger partial charge is 0.483 e. The first-order valence-corrected chi connectivity index (χ1v) is 5.65. The second-order valence-electron chi connectivity index (χ2n) is 3.90. The maximum atomic E-state index is 5.66. The molecule has 0 saturated carbocycles. The quantitative estimate of drug-likeness (QED) is 0.737. The van der Waals surface area contributed by atoms with Crippen LogP contribution in [0.1, 0.15) is 0 Å². The smallest absolute Gasteiger partial charge is 0.259 e. The Morgan fingerprint density at radius 2 is 2.00 bits per heavy atom. The number of aromatic nitrogens is 1. The summed E-state index contributed by atoms with van der Waals surface area (Å²) in [6.45, 7) is 5.22. The fraction of sp³-hybridized carbons (Fsp3) is 0.545. The van der Waals surface area contributed by atoms with Crippen molar-refractivity contribution in [1.82, 2.24) is 10.3 Å². The highest BCUT2D eigenvalue weighted by atomic mass is 16.6. The summed E-state index contributed by atoms with van der Waals surface area (Å²) in [6.07, 6.45) is 1.78. The summed E-state index contributed by atoms with van der Waals surface area (Å²) < 4.78 is 11.1. The minimum atomic E-state index is 0.588. The fourth-order valence-corrected chi connectivity index (χ4v) is 2.09. The Balaban J connectivity index is 1.93. The molecule has 0 amide bonds. The average molecular weight is 221 g/mol. The number of ether oxygens (including phenoxy) is 2. The molecular formula is C11H15N3O2. The molecule has 0 aliphatic carbocycles. The molecule has 86 valence electrons. The Kier molecular flexibility index (Phi) is 2.53. The maximum Gasteiger partial charge on any atom is 0.259 e. The molecule has 1 fully saturated rings. The molecule has 3 heterocycles. The fourth-order valence-electron chi connectivity index (χ4n) is 2.09. The summed E-state index contributed by atoms with van der Waals surface area (Å²) in [5.74, 6) is 1.43. The van der Waals surface area contributed by atoms with Gasteiger partial charge in [0.1, 0.15) is 13.2 Å². The molecule has 0 radical (unpaired) electrons. The van der Waals surface area contributed by atoms with E-state index in [1.165, 1.54) is 0 Å². The van der Waals surface area contributed by atoms with Crippen LogP contribution in [0, 0.1) is 0 Å². The highest BCUT2D eigenvalue weighted by Crippen LogP contribution is 2.37. The molecule has 0 atom stereocenters. The van der Waals surface area contributed by atoms with Crippen molar-refractivity contribution < 1.29 is 9.47 Å². The van der Waals surface area contributed by atoms with E-state index in [9.17, 15) is 0 Å². The van der Waals surface area contributed by atoms with Gasteiger partial charge < -0.3 is 19.7 Å². The van der Waals surface area contributed by atoms with Crippen LogP contribution >= 0.6 is 0 Å². The van der Waals surface area contributed by atoms with E-state index in [1.54, 1.807) is 6.20 Å². The highest BCUT2D eigenvalue weighted by Gasteiger charge is 2.21. The van der Waals surface area contributed by atoms with Crippen LogP contribution in [-0.4, -0.2) is 44.4 Å². The summed E-state index contributed by atoms with van der Waals surface area (Å²) in [5.41, 5.74) is 1.10. The van der Waals surface area contributed by atoms with Crippen molar-refractivity contribution >= 4 is 5.69 Å². The lowest BCUT2D eigenvalue weighted by Crippen LogP contribution is -2.43. The van der Waals surface area contributed by atoms with Crippen LogP contribution in [0.15, 0.2) is 12.3 Å². The number of hydrogen-bond acceptors (Lipinski definition) is 5. The third-order valence-corrected chi connectivity index (χ3v) is 2.88. The first-order chi connectivity index (χ1) is 7.95. The molecule has 0 spiro atoms. The van der Waals surface area contributed by atoms with Crippen molar-refractivity contribution in [3.05, 3.63) is 12.3 Å². The van der Waals surface area contributed by atoms with Crippen molar-refractivity contribution in [3.63, 3.8) is 0 Å². The number of rotatable bonds is 1. The Hall–Kier alpha value is -1.49. The number of hydrogen-bond donors (Lipinski definition) is 1. The molecule has 3 rings (SSSR count). The molecule has 0 unspecified atom stereocenters. The standard InChI is InChI=1S/C11H15N3O2/c1-2-13-11-10(15-7-8-16-11)9(1)14-5-3-12-4-6-14/h1-2,12H,3-8H2. The second kappa shape index (κ2) is 4.17. The van der Waals surface area contributed by atoms with Gasteiger partial charge >= 0.3 is 0 Å². The van der Waals surface area contributed by atoms with E-state index in [-0.39, 0.29) is 0 Å². The van der Waals surface area contributed by atoms with Gasteiger partial charge in [0.2, 0.25) is 5.75 Å². The molecule has 2 aliphatic heterocycles. The lowest BCUT2D eigenvalue weighted by Gasteiger charge is -2.31. The molecule has 1 aromatic heterocycles. The van der Waals surface area contributed by atoms with Gasteiger partial charge in [-0.2, -0.15) is 0 Å². The van der Waals surface area contributed by atoms with Gasteiger partial charge in [-0.3, -0.25) is 0 Å². The van der Waals surface area contributed by atoms with Crippen LogP contribution in [0.4, 0.5) is 5.69 Å². The van der Waals surface area contributed by atoms with E-state index in [1.807, 2.05) is 6.07 Å². The number of pyridine rings is 1. The minimum absolute atomic E-state index is 0.588. The van der Waals surface area contributed by atoms with Gasteiger partial charge in [-0.15, -0.1) is 0 Å². The van der Waals surface area contributed by atoms with E-state index in [0.29, 0.717) is 19.1 Å². The first-order valence-electron chi connectivity index (χ1n) is 5.65. The monoisotopic (exact) mass is 221 g/mol. The van der Waals surface area contributed by atoms with Crippen molar-refractivity contribution in [1.29, 1.82) is 0 Å². The van der Waals surface area contributed by atoms with Crippen LogP contribution in [0.5, 0.6) is 11.6 Å². The third kappa shape index (κ3) is 1.67. The van der Waals surface area contributed by atoms with E-state index < -0.39 is 0 Å². The number of piperazine rings is 1. The third-order valence-electron chi connectivity index (χ3n) is 2.88. The summed E-state index contributed by atoms with van der Waals surface area (Å²) in [5, 5.41) is 3.34. The molecule has 16 heavy (non-hydrogen) atoms. The normalized spacial score (nSPS) is 19.6. The predicted molar refractivity (Wildman–Crippen MR) is 60.3 cm³/mol. The van der Waals surface area contributed by atoms with E-state index in [4.69, 9.17) is 9.47 Å². The molecule has 0 bridgehead atoms. The van der Waals surface area contributed by atoms with Gasteiger partial charge in [0.25, 0.3) is 5.88 Å². The van der Waals surface area contributed by atoms with Crippen molar-refractivity contribution in [3.8, 4) is 11.6 Å². The Labute approximate surface area is 94.4 Å². The molecule has 2 aliphatic rings. The van der Waals surface area contributed by atoms with Crippen molar-refractivity contribution in [2.24, 2.45) is 0 Å². The zero-order valence-electron chi connectivity index (χ0n) is 9.11. The van der Waals surface area contributed by atoms with E-state index in [0.717, 1.165) is 37.6 Å². The molecule has 0 aromatic carbocycles. The minimum Gasteiger partial charge on any atom is -0.483 e. The van der Waals surface area contributed by atoms with Crippen LogP contribution in [0.25, 0.3) is 0 Å². The zero-order chi connectivity index (χ0) is 10.8.